The van der Waals surface area contributed by atoms with Crippen LogP contribution >= 0.6 is 22.9 Å². The van der Waals surface area contributed by atoms with Gasteiger partial charge in [0.05, 0.1) is 56.0 Å². The van der Waals surface area contributed by atoms with E-state index in [1.807, 2.05) is 0 Å². The van der Waals surface area contributed by atoms with Gasteiger partial charge in [-0.3, -0.25) is 2.78 Å². The Morgan fingerprint density at radius 1 is 0.268 bits per heavy atom. The van der Waals surface area contributed by atoms with Gasteiger partial charge < -0.3 is 9.13 Å². The van der Waals surface area contributed by atoms with Crippen molar-refractivity contribution in [1.82, 2.24) is 11.9 Å². The number of aromatic nitrogens is 3. The van der Waals surface area contributed by atoms with E-state index in [0.29, 0.717) is 0 Å². The first-order valence-electron chi connectivity index (χ1n) is 19.0. The van der Waals surface area contributed by atoms with E-state index in [4.69, 9.17) is 0 Å². The molecule has 0 spiro atoms. The molecule has 3 heterocycles. The predicted molar refractivity (Wildman–Crippen MR) is 246 cm³/mol. The number of hydrogen-bond donors (Lipinski definition) is 0. The second kappa shape index (κ2) is 12.2. The van der Waals surface area contributed by atoms with Crippen LogP contribution in [0.25, 0.3) is 110 Å². The lowest BCUT2D eigenvalue weighted by molar-refractivity contribution is 1.18. The Morgan fingerprint density at radius 2 is 0.696 bits per heavy atom. The molecular weight excluding hydrogens is 793 g/mol. The number of para-hydroxylation sites is 3. The number of fused-ring (bicyclic) bond motifs is 10. The maximum atomic E-state index is 2.45. The molecule has 0 amide bonds. The molecule has 0 unspecified atom stereocenters. The Bertz CT molecular complexity index is 3530. The quantitative estimate of drug-likeness (QED) is 0.157. The van der Waals surface area contributed by atoms with Gasteiger partial charge in [-0.05, 0) is 118 Å². The summed E-state index contributed by atoms with van der Waals surface area (Å²) in [6.07, 6.45) is 0. The van der Waals surface area contributed by atoms with Crippen molar-refractivity contribution in [3.05, 3.63) is 194 Å². The van der Waals surface area contributed by atoms with Crippen molar-refractivity contribution in [3.63, 3.8) is 0 Å². The molecule has 9 aromatic carbocycles. The largest absolute Gasteiger partial charge is 0.309 e. The molecule has 0 atom stereocenters. The smallest absolute Gasteiger partial charge is 0.0646 e. The van der Waals surface area contributed by atoms with Crippen LogP contribution < -0.4 is 0 Å². The average Bonchev–Trinajstić information content (AvgIpc) is 3.87. The maximum absolute atomic E-state index is 2.45. The first kappa shape index (κ1) is 31.7. The minimum atomic E-state index is 1.15. The van der Waals surface area contributed by atoms with Crippen LogP contribution in [-0.4, -0.2) is 11.9 Å². The molecule has 0 aliphatic carbocycles. The Morgan fingerprint density at radius 3 is 1.34 bits per heavy atom. The van der Waals surface area contributed by atoms with Crippen molar-refractivity contribution in [2.24, 2.45) is 0 Å². The lowest BCUT2D eigenvalue weighted by atomic mass is 9.99. The maximum Gasteiger partial charge on any atom is 0.0646 e. The molecule has 262 valence electrons. The number of nitrogens with zero attached hydrogens (tertiary/aromatic N) is 3. The van der Waals surface area contributed by atoms with E-state index < -0.39 is 0 Å². The summed E-state index contributed by atoms with van der Waals surface area (Å²) in [6, 6.07) is 71.3. The molecule has 0 N–H and O–H groups in total. The summed E-state index contributed by atoms with van der Waals surface area (Å²) in [4.78, 5) is 0. The summed E-state index contributed by atoms with van der Waals surface area (Å²) in [5, 5.41) is 10.1. The van der Waals surface area contributed by atoms with Crippen LogP contribution in [0.15, 0.2) is 194 Å². The zero-order valence-corrected chi connectivity index (χ0v) is 32.4. The highest BCUT2D eigenvalue weighted by Crippen LogP contribution is 2.41. The fourth-order valence-corrected chi connectivity index (χ4v) is 9.90. The van der Waals surface area contributed by atoms with Crippen LogP contribution in [0.4, 0.5) is 0 Å². The highest BCUT2D eigenvalue weighted by atomic mass is 127. The lowest BCUT2D eigenvalue weighted by Crippen LogP contribution is -1.93. The average molecular weight is 826 g/mol. The Labute approximate surface area is 336 Å². The van der Waals surface area contributed by atoms with Gasteiger partial charge in [0.15, 0.2) is 0 Å². The third-order valence-electron chi connectivity index (χ3n) is 11.7. The highest BCUT2D eigenvalue weighted by molar-refractivity contribution is 14.1. The van der Waals surface area contributed by atoms with Gasteiger partial charge in [0.25, 0.3) is 0 Å². The van der Waals surface area contributed by atoms with E-state index >= 15 is 0 Å². The standard InChI is InChI=1S/C52H32IN3/c53-56-50-26-22-36(30-45(50)46-27-33-11-7-8-12-34(33)32-52(46)56)35-20-25-49-44(28-35)42-23-19-38(31-51(42)55(49)40-15-5-2-6-16-40)37-21-24-48-43(29-37)41-17-9-10-18-47(41)54(48)39-13-3-1-4-14-39/h1-32H. The molecule has 56 heavy (non-hydrogen) atoms. The summed E-state index contributed by atoms with van der Waals surface area (Å²) in [5.41, 5.74) is 14.5. The molecule has 3 nitrogen and oxygen atoms in total. The molecule has 0 aliphatic heterocycles. The molecule has 0 radical (unpaired) electrons. The Kier molecular flexibility index (Phi) is 6.90. The van der Waals surface area contributed by atoms with Gasteiger partial charge in [0, 0.05) is 43.7 Å². The van der Waals surface area contributed by atoms with Crippen molar-refractivity contribution >= 4 is 99.1 Å². The van der Waals surface area contributed by atoms with E-state index in [0.717, 1.165) is 5.69 Å². The van der Waals surface area contributed by atoms with Gasteiger partial charge in [-0.2, -0.15) is 0 Å². The van der Waals surface area contributed by atoms with Crippen LogP contribution in [0.5, 0.6) is 0 Å². The Hall–Kier alpha value is -6.63. The second-order valence-corrected chi connectivity index (χ2v) is 15.7. The van der Waals surface area contributed by atoms with Crippen molar-refractivity contribution in [1.29, 1.82) is 0 Å². The zero-order chi connectivity index (χ0) is 36.9. The molecule has 0 fully saturated rings. The lowest BCUT2D eigenvalue weighted by Gasteiger charge is -2.10. The topological polar surface area (TPSA) is 14.8 Å². The number of rotatable bonds is 4. The van der Waals surface area contributed by atoms with Crippen LogP contribution in [0, 0.1) is 0 Å². The second-order valence-electron chi connectivity index (χ2n) is 14.8. The molecule has 0 saturated carbocycles. The van der Waals surface area contributed by atoms with Crippen LogP contribution in [0.2, 0.25) is 0 Å². The first-order chi connectivity index (χ1) is 27.7. The normalized spacial score (nSPS) is 12.0. The highest BCUT2D eigenvalue weighted by Gasteiger charge is 2.18. The van der Waals surface area contributed by atoms with E-state index in [1.165, 1.54) is 104 Å². The van der Waals surface area contributed by atoms with Gasteiger partial charge in [-0.15, -0.1) is 0 Å². The molecule has 0 bridgehead atoms. The van der Waals surface area contributed by atoms with Crippen LogP contribution in [-0.2, 0) is 0 Å². The molecule has 3 aromatic heterocycles. The Balaban J connectivity index is 1.04. The molecule has 12 aromatic rings. The van der Waals surface area contributed by atoms with Gasteiger partial charge in [-0.25, -0.2) is 0 Å². The van der Waals surface area contributed by atoms with Gasteiger partial charge in [0.1, 0.15) is 0 Å². The third-order valence-corrected chi connectivity index (χ3v) is 12.7. The number of benzene rings is 9. The molecular formula is C52H32IN3. The van der Waals surface area contributed by atoms with Crippen molar-refractivity contribution in [3.8, 4) is 33.6 Å². The zero-order valence-electron chi connectivity index (χ0n) is 30.2. The van der Waals surface area contributed by atoms with Crippen molar-refractivity contribution in [2.75, 3.05) is 0 Å². The van der Waals surface area contributed by atoms with Crippen molar-refractivity contribution in [2.45, 2.75) is 0 Å². The number of halogens is 1. The van der Waals surface area contributed by atoms with Gasteiger partial charge in [0.2, 0.25) is 0 Å². The summed E-state index contributed by atoms with van der Waals surface area (Å²) in [6.45, 7) is 0. The van der Waals surface area contributed by atoms with E-state index in [9.17, 15) is 0 Å². The summed E-state index contributed by atoms with van der Waals surface area (Å²) in [7, 11) is 0. The molecule has 12 rings (SSSR count). The van der Waals surface area contributed by atoms with E-state index in [-0.39, 0.29) is 0 Å². The molecule has 0 aliphatic rings. The monoisotopic (exact) mass is 825 g/mol. The fourth-order valence-electron chi connectivity index (χ4n) is 9.08. The first-order valence-corrected chi connectivity index (χ1v) is 20.0. The summed E-state index contributed by atoms with van der Waals surface area (Å²) < 4.78 is 7.10. The fraction of sp³-hybridized carbons (Fsp3) is 0. The molecule has 4 heteroatoms. The number of hydrogen-bond acceptors (Lipinski definition) is 0. The minimum absolute atomic E-state index is 1.15. The van der Waals surface area contributed by atoms with Gasteiger partial charge >= 0.3 is 0 Å². The van der Waals surface area contributed by atoms with E-state index in [2.05, 4.69) is 229 Å². The van der Waals surface area contributed by atoms with Crippen molar-refractivity contribution < 1.29 is 0 Å². The minimum Gasteiger partial charge on any atom is -0.309 e. The molecule has 0 saturated heterocycles. The summed E-state index contributed by atoms with van der Waals surface area (Å²) >= 11 is 2.45. The third kappa shape index (κ3) is 4.69. The van der Waals surface area contributed by atoms with Crippen LogP contribution in [0.1, 0.15) is 0 Å². The van der Waals surface area contributed by atoms with Gasteiger partial charge in [-0.1, -0.05) is 109 Å². The predicted octanol–water partition coefficient (Wildman–Crippen LogP) is 14.7. The van der Waals surface area contributed by atoms with E-state index in [1.54, 1.807) is 0 Å². The van der Waals surface area contributed by atoms with Crippen LogP contribution in [0.3, 0.4) is 0 Å². The summed E-state index contributed by atoms with van der Waals surface area (Å²) in [5.74, 6) is 0. The SMILES string of the molecule is In1c2ccc(-c3ccc4c(c3)c3ccc(-c5ccc6c(c5)c5ccccc5n6-c5ccccc5)cc3n4-c3ccccc3)cc2c2cc3ccccc3cc21.